The summed E-state index contributed by atoms with van der Waals surface area (Å²) >= 11 is 0. The Hall–Kier alpha value is -1.70. The van der Waals surface area contributed by atoms with E-state index in [-0.39, 0.29) is 5.69 Å². The number of carbonyl (C=O) groups is 1. The van der Waals surface area contributed by atoms with Crippen LogP contribution in [0.3, 0.4) is 0 Å². The van der Waals surface area contributed by atoms with Crippen LogP contribution in [-0.2, 0) is 11.0 Å². The van der Waals surface area contributed by atoms with E-state index < -0.39 is 23.9 Å². The maximum Gasteiger partial charge on any atom is 0.433 e. The Morgan fingerprint density at radius 1 is 1.47 bits per heavy atom. The molecule has 0 fully saturated rings. The van der Waals surface area contributed by atoms with Gasteiger partial charge in [0.1, 0.15) is 18.1 Å². The van der Waals surface area contributed by atoms with Crippen molar-refractivity contribution < 1.29 is 23.1 Å². The van der Waals surface area contributed by atoms with Gasteiger partial charge in [-0.05, 0) is 6.07 Å². The van der Waals surface area contributed by atoms with Crippen molar-refractivity contribution in [1.82, 2.24) is 9.97 Å². The highest BCUT2D eigenvalue weighted by atomic mass is 19.4. The summed E-state index contributed by atoms with van der Waals surface area (Å²) in [7, 11) is 0. The molecule has 15 heavy (non-hydrogen) atoms. The fraction of sp³-hybridized carbons (Fsp3) is 0.286. The van der Waals surface area contributed by atoms with Gasteiger partial charge in [0.05, 0.1) is 5.69 Å². The SMILES string of the molecule is NC(C(=O)O)c1cc(C(F)(F)F)ncn1. The Morgan fingerprint density at radius 2 is 2.07 bits per heavy atom. The second kappa shape index (κ2) is 3.81. The quantitative estimate of drug-likeness (QED) is 0.762. The van der Waals surface area contributed by atoms with E-state index in [1.165, 1.54) is 0 Å². The molecule has 1 unspecified atom stereocenters. The fourth-order valence-corrected chi connectivity index (χ4v) is 0.824. The highest BCUT2D eigenvalue weighted by molar-refractivity contribution is 5.74. The van der Waals surface area contributed by atoms with Gasteiger partial charge in [-0.2, -0.15) is 13.2 Å². The zero-order chi connectivity index (χ0) is 11.6. The largest absolute Gasteiger partial charge is 0.480 e. The molecule has 1 aromatic heterocycles. The Labute approximate surface area is 81.8 Å². The smallest absolute Gasteiger partial charge is 0.433 e. The first kappa shape index (κ1) is 11.4. The molecule has 0 saturated heterocycles. The van der Waals surface area contributed by atoms with Crippen LogP contribution in [0.5, 0.6) is 0 Å². The Kier molecular flexibility index (Phi) is 2.89. The monoisotopic (exact) mass is 221 g/mol. The lowest BCUT2D eigenvalue weighted by molar-refractivity contribution is -0.142. The normalized spacial score (nSPS) is 13.6. The Morgan fingerprint density at radius 3 is 2.53 bits per heavy atom. The number of aromatic nitrogens is 2. The standard InChI is InChI=1S/C7H6F3N3O2/c8-7(9,10)4-1-3(12-2-13-4)5(11)6(14)15/h1-2,5H,11H2,(H,14,15). The molecule has 0 amide bonds. The van der Waals surface area contributed by atoms with Crippen LogP contribution in [-0.4, -0.2) is 21.0 Å². The summed E-state index contributed by atoms with van der Waals surface area (Å²) in [5.41, 5.74) is 3.49. The van der Waals surface area contributed by atoms with E-state index in [0.29, 0.717) is 12.4 Å². The minimum atomic E-state index is -4.64. The number of hydrogen-bond acceptors (Lipinski definition) is 4. The van der Waals surface area contributed by atoms with Gasteiger partial charge in [0.2, 0.25) is 0 Å². The van der Waals surface area contributed by atoms with E-state index in [4.69, 9.17) is 10.8 Å². The van der Waals surface area contributed by atoms with E-state index in [1.54, 1.807) is 0 Å². The molecule has 82 valence electrons. The molecule has 1 heterocycles. The second-order valence-electron chi connectivity index (χ2n) is 2.64. The van der Waals surface area contributed by atoms with Crippen LogP contribution >= 0.6 is 0 Å². The van der Waals surface area contributed by atoms with Crippen molar-refractivity contribution in [2.24, 2.45) is 5.73 Å². The number of halogens is 3. The average molecular weight is 221 g/mol. The molecule has 0 radical (unpaired) electrons. The van der Waals surface area contributed by atoms with Gasteiger partial charge in [0.25, 0.3) is 0 Å². The molecular formula is C7H6F3N3O2. The number of carboxylic acid groups (broad SMARTS) is 1. The lowest BCUT2D eigenvalue weighted by atomic mass is 10.2. The number of alkyl halides is 3. The zero-order valence-corrected chi connectivity index (χ0v) is 7.19. The summed E-state index contributed by atoms with van der Waals surface area (Å²) in [5.74, 6) is -1.46. The fourth-order valence-electron chi connectivity index (χ4n) is 0.824. The molecule has 0 aliphatic rings. The topological polar surface area (TPSA) is 89.1 Å². The summed E-state index contributed by atoms with van der Waals surface area (Å²) in [6.45, 7) is 0. The van der Waals surface area contributed by atoms with Gasteiger partial charge in [0, 0.05) is 0 Å². The summed E-state index contributed by atoms with van der Waals surface area (Å²) in [6.07, 6.45) is -4.02. The Bertz CT molecular complexity index is 380. The highest BCUT2D eigenvalue weighted by Crippen LogP contribution is 2.27. The molecule has 1 aromatic rings. The van der Waals surface area contributed by atoms with Crippen LogP contribution < -0.4 is 5.73 Å². The van der Waals surface area contributed by atoms with Crippen LogP contribution in [0, 0.1) is 0 Å². The molecule has 0 aliphatic heterocycles. The van der Waals surface area contributed by atoms with Crippen molar-refractivity contribution in [3.05, 3.63) is 23.8 Å². The molecule has 1 atom stereocenters. The number of nitrogens with zero attached hydrogens (tertiary/aromatic N) is 2. The van der Waals surface area contributed by atoms with Crippen LogP contribution in [0.15, 0.2) is 12.4 Å². The summed E-state index contributed by atoms with van der Waals surface area (Å²) in [4.78, 5) is 16.7. The maximum absolute atomic E-state index is 12.2. The van der Waals surface area contributed by atoms with Gasteiger partial charge in [-0.25, -0.2) is 9.97 Å². The molecule has 1 rings (SSSR count). The van der Waals surface area contributed by atoms with Crippen molar-refractivity contribution in [3.63, 3.8) is 0 Å². The van der Waals surface area contributed by atoms with E-state index in [0.717, 1.165) is 0 Å². The molecule has 5 nitrogen and oxygen atoms in total. The van der Waals surface area contributed by atoms with Crippen LogP contribution in [0.25, 0.3) is 0 Å². The molecule has 0 spiro atoms. The Balaban J connectivity index is 3.08. The van der Waals surface area contributed by atoms with Crippen LogP contribution in [0.2, 0.25) is 0 Å². The van der Waals surface area contributed by atoms with Crippen LogP contribution in [0.4, 0.5) is 13.2 Å². The van der Waals surface area contributed by atoms with Gasteiger partial charge in [-0.3, -0.25) is 4.79 Å². The van der Waals surface area contributed by atoms with Crippen molar-refractivity contribution in [2.75, 3.05) is 0 Å². The van der Waals surface area contributed by atoms with Crippen molar-refractivity contribution >= 4 is 5.97 Å². The molecule has 0 aliphatic carbocycles. The molecular weight excluding hydrogens is 215 g/mol. The third kappa shape index (κ3) is 2.62. The van der Waals surface area contributed by atoms with Crippen molar-refractivity contribution in [3.8, 4) is 0 Å². The highest BCUT2D eigenvalue weighted by Gasteiger charge is 2.33. The van der Waals surface area contributed by atoms with E-state index in [1.807, 2.05) is 0 Å². The molecule has 0 bridgehead atoms. The first-order chi connectivity index (χ1) is 6.82. The van der Waals surface area contributed by atoms with Crippen molar-refractivity contribution in [1.29, 1.82) is 0 Å². The molecule has 0 aromatic carbocycles. The zero-order valence-electron chi connectivity index (χ0n) is 7.19. The van der Waals surface area contributed by atoms with E-state index >= 15 is 0 Å². The van der Waals surface area contributed by atoms with Gasteiger partial charge in [0.15, 0.2) is 0 Å². The molecule has 3 N–H and O–H groups in total. The summed E-state index contributed by atoms with van der Waals surface area (Å²) in [5, 5.41) is 8.46. The van der Waals surface area contributed by atoms with Gasteiger partial charge in [-0.1, -0.05) is 0 Å². The third-order valence-corrected chi connectivity index (χ3v) is 1.56. The number of hydrogen-bond donors (Lipinski definition) is 2. The number of aliphatic carboxylic acids is 1. The average Bonchev–Trinajstić information content (AvgIpc) is 2.15. The lowest BCUT2D eigenvalue weighted by Crippen LogP contribution is -2.23. The molecule has 0 saturated carbocycles. The van der Waals surface area contributed by atoms with E-state index in [2.05, 4.69) is 9.97 Å². The minimum Gasteiger partial charge on any atom is -0.480 e. The van der Waals surface area contributed by atoms with Crippen LogP contribution in [0.1, 0.15) is 17.4 Å². The first-order valence-corrected chi connectivity index (χ1v) is 3.70. The summed E-state index contributed by atoms with van der Waals surface area (Å²) in [6, 6.07) is -1.08. The van der Waals surface area contributed by atoms with Gasteiger partial charge in [-0.15, -0.1) is 0 Å². The predicted octanol–water partition coefficient (Wildman–Crippen LogP) is 0.580. The minimum absolute atomic E-state index is 0.384. The number of nitrogens with two attached hydrogens (primary N) is 1. The number of carboxylic acids is 1. The van der Waals surface area contributed by atoms with Crippen molar-refractivity contribution in [2.45, 2.75) is 12.2 Å². The predicted molar refractivity (Wildman–Crippen MR) is 41.6 cm³/mol. The van der Waals surface area contributed by atoms with Gasteiger partial charge < -0.3 is 10.8 Å². The second-order valence-corrected chi connectivity index (χ2v) is 2.64. The summed E-state index contributed by atoms with van der Waals surface area (Å²) < 4.78 is 36.5. The first-order valence-electron chi connectivity index (χ1n) is 3.70. The number of rotatable bonds is 2. The van der Waals surface area contributed by atoms with E-state index in [9.17, 15) is 18.0 Å². The lowest BCUT2D eigenvalue weighted by Gasteiger charge is -2.08. The maximum atomic E-state index is 12.2. The molecule has 8 heteroatoms. The van der Waals surface area contributed by atoms with Gasteiger partial charge >= 0.3 is 12.1 Å². The third-order valence-electron chi connectivity index (χ3n) is 1.56.